The van der Waals surface area contributed by atoms with Crippen molar-refractivity contribution in [1.82, 2.24) is 4.90 Å². The van der Waals surface area contributed by atoms with Gasteiger partial charge in [0.15, 0.2) is 5.37 Å². The number of carbonyl (C=O) groups is 2. The Labute approximate surface area is 74.9 Å². The summed E-state index contributed by atoms with van der Waals surface area (Å²) in [6.45, 7) is 1.97. The molecular formula is C7H11NO3S. The molecule has 0 radical (unpaired) electrons. The van der Waals surface area contributed by atoms with Gasteiger partial charge in [-0.25, -0.2) is 4.79 Å². The molecule has 1 N–H and O–H groups in total. The van der Waals surface area contributed by atoms with Crippen LogP contribution in [0, 0.1) is 0 Å². The van der Waals surface area contributed by atoms with E-state index in [1.165, 1.54) is 23.6 Å². The maximum atomic E-state index is 11.0. The molecule has 5 heteroatoms. The normalized spacial score (nSPS) is 23.8. The van der Waals surface area contributed by atoms with E-state index >= 15 is 0 Å². The van der Waals surface area contributed by atoms with Crippen molar-refractivity contribution in [3.63, 3.8) is 0 Å². The van der Waals surface area contributed by atoms with Gasteiger partial charge in [-0.3, -0.25) is 4.79 Å². The molecule has 0 aliphatic carbocycles. The monoisotopic (exact) mass is 189 g/mol. The van der Waals surface area contributed by atoms with Crippen LogP contribution in [0.4, 0.5) is 0 Å². The molecule has 1 amide bonds. The second kappa shape index (κ2) is 3.80. The first-order chi connectivity index (χ1) is 5.63. The number of carboxylic acid groups (broad SMARTS) is 1. The van der Waals surface area contributed by atoms with Crippen LogP contribution in [0.1, 0.15) is 13.3 Å². The molecule has 1 aliphatic heterocycles. The lowest BCUT2D eigenvalue weighted by Gasteiger charge is -2.31. The summed E-state index contributed by atoms with van der Waals surface area (Å²) in [6.07, 6.45) is 0.883. The summed E-state index contributed by atoms with van der Waals surface area (Å²) in [5.41, 5.74) is 0. The molecule has 1 atom stereocenters. The Balaban J connectivity index is 2.67. The molecule has 1 saturated heterocycles. The van der Waals surface area contributed by atoms with E-state index in [0.717, 1.165) is 12.2 Å². The number of thioether (sulfide) groups is 1. The summed E-state index contributed by atoms with van der Waals surface area (Å²) in [5.74, 6) is -0.259. The van der Waals surface area contributed by atoms with Crippen molar-refractivity contribution in [2.24, 2.45) is 0 Å². The average Bonchev–Trinajstić information content (AvgIpc) is 2.04. The third-order valence-electron chi connectivity index (χ3n) is 1.72. The average molecular weight is 189 g/mol. The number of carboxylic acids is 1. The first-order valence-electron chi connectivity index (χ1n) is 3.74. The van der Waals surface area contributed by atoms with Crippen molar-refractivity contribution >= 4 is 23.6 Å². The molecule has 0 aromatic carbocycles. The van der Waals surface area contributed by atoms with Crippen LogP contribution in [-0.4, -0.2) is 39.6 Å². The van der Waals surface area contributed by atoms with Gasteiger partial charge in [0, 0.05) is 13.5 Å². The van der Waals surface area contributed by atoms with E-state index in [4.69, 9.17) is 5.11 Å². The molecule has 12 heavy (non-hydrogen) atoms. The zero-order valence-electron chi connectivity index (χ0n) is 6.82. The van der Waals surface area contributed by atoms with E-state index in [9.17, 15) is 9.59 Å². The number of carbonyl (C=O) groups excluding carboxylic acids is 1. The first-order valence-corrected chi connectivity index (χ1v) is 4.79. The quantitative estimate of drug-likeness (QED) is 0.648. The maximum Gasteiger partial charge on any atom is 0.337 e. The van der Waals surface area contributed by atoms with Gasteiger partial charge >= 0.3 is 5.97 Å². The molecular weight excluding hydrogens is 178 g/mol. The summed E-state index contributed by atoms with van der Waals surface area (Å²) < 4.78 is 0. The zero-order valence-corrected chi connectivity index (χ0v) is 7.63. The van der Waals surface area contributed by atoms with Gasteiger partial charge in [0.05, 0.1) is 0 Å². The summed E-state index contributed by atoms with van der Waals surface area (Å²) in [6, 6.07) is 0. The van der Waals surface area contributed by atoms with Crippen molar-refractivity contribution in [1.29, 1.82) is 0 Å². The van der Waals surface area contributed by atoms with Crippen molar-refractivity contribution in [3.8, 4) is 0 Å². The molecule has 68 valence electrons. The van der Waals surface area contributed by atoms with Gasteiger partial charge in [0.2, 0.25) is 5.91 Å². The first kappa shape index (κ1) is 9.38. The van der Waals surface area contributed by atoms with Gasteiger partial charge in [-0.05, 0) is 12.2 Å². The number of rotatable bonds is 1. The predicted octanol–water partition coefficient (Wildman–Crippen LogP) is 0.382. The Kier molecular flexibility index (Phi) is 2.97. The number of hydrogen-bond acceptors (Lipinski definition) is 3. The van der Waals surface area contributed by atoms with E-state index < -0.39 is 11.3 Å². The standard InChI is InChI=1S/C7H11NO3S/c1-5(9)8-3-2-4-12-6(8)7(10)11/h6H,2-4H2,1H3,(H,10,11). The van der Waals surface area contributed by atoms with Crippen LogP contribution >= 0.6 is 11.8 Å². The highest BCUT2D eigenvalue weighted by atomic mass is 32.2. The zero-order chi connectivity index (χ0) is 9.14. The molecule has 1 fully saturated rings. The third kappa shape index (κ3) is 1.91. The largest absolute Gasteiger partial charge is 0.479 e. The summed E-state index contributed by atoms with van der Waals surface area (Å²) >= 11 is 1.31. The van der Waals surface area contributed by atoms with E-state index in [0.29, 0.717) is 6.54 Å². The summed E-state index contributed by atoms with van der Waals surface area (Å²) in [7, 11) is 0. The minimum absolute atomic E-state index is 0.158. The second-order valence-corrected chi connectivity index (χ2v) is 3.82. The van der Waals surface area contributed by atoms with Gasteiger partial charge < -0.3 is 10.0 Å². The van der Waals surface area contributed by atoms with E-state index in [-0.39, 0.29) is 5.91 Å². The molecule has 1 rings (SSSR count). The molecule has 1 aliphatic rings. The van der Waals surface area contributed by atoms with E-state index in [1.54, 1.807) is 0 Å². The molecule has 1 unspecified atom stereocenters. The topological polar surface area (TPSA) is 57.6 Å². The van der Waals surface area contributed by atoms with Gasteiger partial charge in [-0.1, -0.05) is 0 Å². The highest BCUT2D eigenvalue weighted by molar-refractivity contribution is 8.00. The molecule has 4 nitrogen and oxygen atoms in total. The van der Waals surface area contributed by atoms with Crippen LogP contribution in [0.5, 0.6) is 0 Å². The van der Waals surface area contributed by atoms with Crippen molar-refractivity contribution in [2.45, 2.75) is 18.7 Å². The van der Waals surface area contributed by atoms with Gasteiger partial charge in [-0.15, -0.1) is 11.8 Å². The summed E-state index contributed by atoms with van der Waals surface area (Å²) in [4.78, 5) is 23.0. The molecule has 1 heterocycles. The van der Waals surface area contributed by atoms with Crippen molar-refractivity contribution in [2.75, 3.05) is 12.3 Å². The number of aliphatic carboxylic acids is 1. The Morgan fingerprint density at radius 2 is 2.25 bits per heavy atom. The fraction of sp³-hybridized carbons (Fsp3) is 0.714. The fourth-order valence-electron chi connectivity index (χ4n) is 1.16. The smallest absolute Gasteiger partial charge is 0.337 e. The van der Waals surface area contributed by atoms with Crippen LogP contribution in [-0.2, 0) is 9.59 Å². The van der Waals surface area contributed by atoms with Crippen LogP contribution in [0.3, 0.4) is 0 Å². The maximum absolute atomic E-state index is 11.0. The molecule has 0 aromatic heterocycles. The number of hydrogen-bond donors (Lipinski definition) is 1. The van der Waals surface area contributed by atoms with E-state index in [1.807, 2.05) is 0 Å². The highest BCUT2D eigenvalue weighted by Crippen LogP contribution is 2.22. The van der Waals surface area contributed by atoms with E-state index in [2.05, 4.69) is 0 Å². The van der Waals surface area contributed by atoms with Crippen molar-refractivity contribution < 1.29 is 14.7 Å². The Hall–Kier alpha value is -0.710. The van der Waals surface area contributed by atoms with Gasteiger partial charge in [0.25, 0.3) is 0 Å². The lowest BCUT2D eigenvalue weighted by Crippen LogP contribution is -2.45. The molecule has 0 saturated carbocycles. The lowest BCUT2D eigenvalue weighted by molar-refractivity contribution is -0.145. The third-order valence-corrected chi connectivity index (χ3v) is 3.01. The van der Waals surface area contributed by atoms with Crippen LogP contribution in [0.2, 0.25) is 0 Å². The Bertz CT molecular complexity index is 185. The van der Waals surface area contributed by atoms with Crippen molar-refractivity contribution in [3.05, 3.63) is 0 Å². The minimum Gasteiger partial charge on any atom is -0.479 e. The summed E-state index contributed by atoms with van der Waals surface area (Å²) in [5, 5.41) is 8.07. The number of amides is 1. The fourth-order valence-corrected chi connectivity index (χ4v) is 2.26. The molecule has 0 aromatic rings. The predicted molar refractivity (Wildman–Crippen MR) is 45.9 cm³/mol. The SMILES string of the molecule is CC(=O)N1CCCSC1C(=O)O. The second-order valence-electron chi connectivity index (χ2n) is 2.63. The minimum atomic E-state index is -0.921. The van der Waals surface area contributed by atoms with Gasteiger partial charge in [0.1, 0.15) is 0 Å². The Morgan fingerprint density at radius 3 is 2.67 bits per heavy atom. The molecule has 0 spiro atoms. The van der Waals surface area contributed by atoms with Crippen LogP contribution < -0.4 is 0 Å². The highest BCUT2D eigenvalue weighted by Gasteiger charge is 2.30. The van der Waals surface area contributed by atoms with Crippen LogP contribution in [0.25, 0.3) is 0 Å². The molecule has 0 bridgehead atoms. The van der Waals surface area contributed by atoms with Gasteiger partial charge in [-0.2, -0.15) is 0 Å². The number of nitrogens with zero attached hydrogens (tertiary/aromatic N) is 1. The lowest BCUT2D eigenvalue weighted by atomic mass is 10.4. The Morgan fingerprint density at radius 1 is 1.58 bits per heavy atom. The van der Waals surface area contributed by atoms with Crippen LogP contribution in [0.15, 0.2) is 0 Å².